The number of aromatic nitrogens is 1. The molecule has 23 heavy (non-hydrogen) atoms. The van der Waals surface area contributed by atoms with E-state index in [2.05, 4.69) is 10.3 Å². The number of carbonyl (C=O) groups is 1. The predicted molar refractivity (Wildman–Crippen MR) is 99.3 cm³/mol. The number of benzene rings is 2. The average Bonchev–Trinajstić information content (AvgIpc) is 2.60. The van der Waals surface area contributed by atoms with Crippen LogP contribution < -0.4 is 5.32 Å². The lowest BCUT2D eigenvalue weighted by Gasteiger charge is -2.09. The molecule has 3 aromatic rings. The molecule has 3 rings (SSSR count). The Bertz CT molecular complexity index is 831. The average molecular weight is 340 g/mol. The van der Waals surface area contributed by atoms with Gasteiger partial charge in [0.1, 0.15) is 0 Å². The number of thioether (sulfide) groups is 2. The predicted octanol–water partition coefficient (Wildman–Crippen LogP) is 4.69. The van der Waals surface area contributed by atoms with Gasteiger partial charge in [0.25, 0.3) is 0 Å². The first-order valence-electron chi connectivity index (χ1n) is 7.17. The van der Waals surface area contributed by atoms with Crippen LogP contribution in [0, 0.1) is 0 Å². The van der Waals surface area contributed by atoms with Gasteiger partial charge in [-0.3, -0.25) is 9.78 Å². The summed E-state index contributed by atoms with van der Waals surface area (Å²) in [4.78, 5) is 18.7. The van der Waals surface area contributed by atoms with Crippen LogP contribution >= 0.6 is 23.5 Å². The van der Waals surface area contributed by atoms with Gasteiger partial charge in [0.05, 0.1) is 17.0 Å². The SMILES string of the molecule is CSc1ccccc1NC(=O)CSc1cccc2cccnc12. The van der Waals surface area contributed by atoms with Crippen LogP contribution in [0.15, 0.2) is 70.6 Å². The van der Waals surface area contributed by atoms with Gasteiger partial charge in [0, 0.05) is 21.4 Å². The third-order valence-electron chi connectivity index (χ3n) is 3.34. The van der Waals surface area contributed by atoms with Crippen LogP contribution in [0.25, 0.3) is 10.9 Å². The fourth-order valence-corrected chi connectivity index (χ4v) is 3.66. The summed E-state index contributed by atoms with van der Waals surface area (Å²) in [5, 5.41) is 4.07. The fraction of sp³-hybridized carbons (Fsp3) is 0.111. The minimum Gasteiger partial charge on any atom is -0.324 e. The second-order valence-electron chi connectivity index (χ2n) is 4.87. The van der Waals surface area contributed by atoms with E-state index in [1.54, 1.807) is 18.0 Å². The van der Waals surface area contributed by atoms with Crippen LogP contribution in [0.1, 0.15) is 0 Å². The Hall–Kier alpha value is -1.98. The molecule has 0 unspecified atom stereocenters. The lowest BCUT2D eigenvalue weighted by Crippen LogP contribution is -2.14. The lowest BCUT2D eigenvalue weighted by molar-refractivity contribution is -0.113. The maximum atomic E-state index is 12.2. The van der Waals surface area contributed by atoms with E-state index >= 15 is 0 Å². The molecule has 0 bridgehead atoms. The molecule has 1 amide bonds. The molecule has 0 saturated carbocycles. The molecule has 0 radical (unpaired) electrons. The van der Waals surface area contributed by atoms with E-state index in [0.717, 1.165) is 26.4 Å². The van der Waals surface area contributed by atoms with E-state index < -0.39 is 0 Å². The number of amides is 1. The quantitative estimate of drug-likeness (QED) is 0.684. The molecule has 5 heteroatoms. The Morgan fingerprint density at radius 3 is 2.70 bits per heavy atom. The monoisotopic (exact) mass is 340 g/mol. The van der Waals surface area contributed by atoms with Crippen LogP contribution in [-0.2, 0) is 4.79 Å². The van der Waals surface area contributed by atoms with Gasteiger partial charge in [-0.05, 0) is 30.5 Å². The number of fused-ring (bicyclic) bond motifs is 1. The van der Waals surface area contributed by atoms with Crippen LogP contribution in [0.2, 0.25) is 0 Å². The topological polar surface area (TPSA) is 42.0 Å². The van der Waals surface area contributed by atoms with E-state index in [-0.39, 0.29) is 5.91 Å². The van der Waals surface area contributed by atoms with Crippen molar-refractivity contribution in [1.82, 2.24) is 4.98 Å². The van der Waals surface area contributed by atoms with Crippen molar-refractivity contribution in [1.29, 1.82) is 0 Å². The minimum atomic E-state index is -0.00978. The summed E-state index contributed by atoms with van der Waals surface area (Å²) < 4.78 is 0. The number of hydrogen-bond donors (Lipinski definition) is 1. The molecule has 1 N–H and O–H groups in total. The summed E-state index contributed by atoms with van der Waals surface area (Å²) in [6, 6.07) is 17.8. The zero-order chi connectivity index (χ0) is 16.1. The molecule has 0 aliphatic rings. The Kier molecular flexibility index (Phi) is 5.20. The van der Waals surface area contributed by atoms with Crippen molar-refractivity contribution in [2.24, 2.45) is 0 Å². The largest absolute Gasteiger partial charge is 0.324 e. The maximum Gasteiger partial charge on any atom is 0.234 e. The van der Waals surface area contributed by atoms with Gasteiger partial charge in [0.15, 0.2) is 0 Å². The Morgan fingerprint density at radius 2 is 1.83 bits per heavy atom. The van der Waals surface area contributed by atoms with Gasteiger partial charge in [-0.1, -0.05) is 30.3 Å². The van der Waals surface area contributed by atoms with Gasteiger partial charge >= 0.3 is 0 Å². The lowest BCUT2D eigenvalue weighted by atomic mass is 10.2. The highest BCUT2D eigenvalue weighted by Crippen LogP contribution is 2.27. The van der Waals surface area contributed by atoms with Gasteiger partial charge in [-0.25, -0.2) is 0 Å². The van der Waals surface area contributed by atoms with E-state index in [4.69, 9.17) is 0 Å². The highest BCUT2D eigenvalue weighted by molar-refractivity contribution is 8.00. The summed E-state index contributed by atoms with van der Waals surface area (Å²) in [6.45, 7) is 0. The summed E-state index contributed by atoms with van der Waals surface area (Å²) in [5.74, 6) is 0.350. The van der Waals surface area contributed by atoms with E-state index in [9.17, 15) is 4.79 Å². The van der Waals surface area contributed by atoms with Gasteiger partial charge < -0.3 is 5.32 Å². The summed E-state index contributed by atoms with van der Waals surface area (Å²) in [5.41, 5.74) is 1.80. The zero-order valence-corrected chi connectivity index (χ0v) is 14.3. The molecule has 116 valence electrons. The van der Waals surface area contributed by atoms with Crippen LogP contribution in [0.5, 0.6) is 0 Å². The molecule has 1 heterocycles. The third-order valence-corrected chi connectivity index (χ3v) is 5.18. The minimum absolute atomic E-state index is 0.00978. The molecule has 0 fully saturated rings. The van der Waals surface area contributed by atoms with Crippen LogP contribution in [0.3, 0.4) is 0 Å². The van der Waals surface area contributed by atoms with E-state index in [1.807, 2.05) is 60.9 Å². The molecule has 1 aromatic heterocycles. The molecule has 0 atom stereocenters. The van der Waals surface area contributed by atoms with Crippen molar-refractivity contribution in [3.8, 4) is 0 Å². The summed E-state index contributed by atoms with van der Waals surface area (Å²) in [6.07, 6.45) is 3.78. The van der Waals surface area contributed by atoms with Gasteiger partial charge in [-0.15, -0.1) is 23.5 Å². The van der Waals surface area contributed by atoms with E-state index in [0.29, 0.717) is 5.75 Å². The number of nitrogens with zero attached hydrogens (tertiary/aromatic N) is 1. The number of carbonyl (C=O) groups excluding carboxylic acids is 1. The molecule has 0 aliphatic carbocycles. The van der Waals surface area contributed by atoms with Crippen molar-refractivity contribution in [3.05, 3.63) is 60.8 Å². The number of nitrogens with one attached hydrogen (secondary N) is 1. The highest BCUT2D eigenvalue weighted by atomic mass is 32.2. The summed E-state index contributed by atoms with van der Waals surface area (Å²) >= 11 is 3.13. The number of rotatable bonds is 5. The Morgan fingerprint density at radius 1 is 1.04 bits per heavy atom. The van der Waals surface area contributed by atoms with Crippen molar-refractivity contribution < 1.29 is 4.79 Å². The molecule has 3 nitrogen and oxygen atoms in total. The second kappa shape index (κ2) is 7.53. The van der Waals surface area contributed by atoms with Crippen molar-refractivity contribution in [2.45, 2.75) is 9.79 Å². The highest BCUT2D eigenvalue weighted by Gasteiger charge is 2.08. The first-order chi connectivity index (χ1) is 11.3. The van der Waals surface area contributed by atoms with Gasteiger partial charge in [0.2, 0.25) is 5.91 Å². The summed E-state index contributed by atoms with van der Waals surface area (Å²) in [7, 11) is 0. The number of hydrogen-bond acceptors (Lipinski definition) is 4. The molecule has 0 spiro atoms. The number of anilines is 1. The maximum absolute atomic E-state index is 12.2. The normalized spacial score (nSPS) is 10.7. The Labute approximate surface area is 143 Å². The first-order valence-corrected chi connectivity index (χ1v) is 9.38. The molecule has 2 aromatic carbocycles. The number of pyridine rings is 1. The molecular formula is C18H16N2OS2. The molecule has 0 aliphatic heterocycles. The zero-order valence-electron chi connectivity index (χ0n) is 12.7. The van der Waals surface area contributed by atoms with Crippen molar-refractivity contribution in [2.75, 3.05) is 17.3 Å². The van der Waals surface area contributed by atoms with Gasteiger partial charge in [-0.2, -0.15) is 0 Å². The smallest absolute Gasteiger partial charge is 0.234 e. The fourth-order valence-electron chi connectivity index (χ4n) is 2.27. The second-order valence-corrected chi connectivity index (χ2v) is 6.73. The molecular weight excluding hydrogens is 324 g/mol. The Balaban J connectivity index is 1.69. The van der Waals surface area contributed by atoms with Crippen LogP contribution in [-0.4, -0.2) is 22.9 Å². The number of para-hydroxylation sites is 2. The molecule has 0 saturated heterocycles. The first kappa shape index (κ1) is 15.9. The van der Waals surface area contributed by atoms with E-state index in [1.165, 1.54) is 11.8 Å². The van der Waals surface area contributed by atoms with Crippen molar-refractivity contribution >= 4 is 46.0 Å². The third kappa shape index (κ3) is 3.86. The van der Waals surface area contributed by atoms with Crippen molar-refractivity contribution in [3.63, 3.8) is 0 Å². The standard InChI is InChI=1S/C18H16N2OS2/c1-22-15-9-3-2-8-14(15)20-17(21)12-23-16-10-4-6-13-7-5-11-19-18(13)16/h2-11H,12H2,1H3,(H,20,21). The van der Waals surface area contributed by atoms with Crippen LogP contribution in [0.4, 0.5) is 5.69 Å².